The molecule has 1 heterocycles. The predicted octanol–water partition coefficient (Wildman–Crippen LogP) is 6.20. The molecule has 0 aliphatic carbocycles. The van der Waals surface area contributed by atoms with E-state index in [0.717, 1.165) is 23.3 Å². The van der Waals surface area contributed by atoms with Gasteiger partial charge in [0.2, 0.25) is 0 Å². The minimum absolute atomic E-state index is 0.0108. The molecule has 0 saturated carbocycles. The number of aliphatic hydroxyl groups is 1. The molecule has 0 aromatic heterocycles. The number of carbonyl (C=O) groups is 2. The summed E-state index contributed by atoms with van der Waals surface area (Å²) in [5.74, 6) is -0.246. The van der Waals surface area contributed by atoms with E-state index in [9.17, 15) is 14.7 Å². The second-order valence-corrected chi connectivity index (χ2v) is 9.07. The van der Waals surface area contributed by atoms with Crippen molar-refractivity contribution in [1.29, 1.82) is 0 Å². The Bertz CT molecular complexity index is 1280. The Morgan fingerprint density at radius 1 is 1.00 bits per heavy atom. The van der Waals surface area contributed by atoms with Crippen LogP contribution in [0.3, 0.4) is 0 Å². The Balaban J connectivity index is 1.81. The molecular formula is C30H31NO5. The van der Waals surface area contributed by atoms with Crippen molar-refractivity contribution in [2.45, 2.75) is 46.3 Å². The molecule has 6 heteroatoms. The number of amides is 1. The Morgan fingerprint density at radius 3 is 2.31 bits per heavy atom. The highest BCUT2D eigenvalue weighted by Crippen LogP contribution is 2.42. The van der Waals surface area contributed by atoms with E-state index in [0.29, 0.717) is 23.6 Å². The van der Waals surface area contributed by atoms with Crippen molar-refractivity contribution in [3.8, 4) is 11.5 Å². The highest BCUT2D eigenvalue weighted by atomic mass is 16.5. The molecule has 1 aliphatic heterocycles. The van der Waals surface area contributed by atoms with Crippen LogP contribution in [0.2, 0.25) is 0 Å². The van der Waals surface area contributed by atoms with Gasteiger partial charge in [0.15, 0.2) is 0 Å². The number of hydrogen-bond donors (Lipinski definition) is 1. The third-order valence-corrected chi connectivity index (χ3v) is 5.96. The van der Waals surface area contributed by atoms with Crippen LogP contribution < -0.4 is 14.4 Å². The molecule has 1 unspecified atom stereocenters. The fraction of sp³-hybridized carbons (Fsp3) is 0.267. The van der Waals surface area contributed by atoms with Crippen molar-refractivity contribution in [2.24, 2.45) is 0 Å². The van der Waals surface area contributed by atoms with Gasteiger partial charge in [0.05, 0.1) is 24.3 Å². The number of carbonyl (C=O) groups excluding carboxylic acids is 2. The number of aliphatic hydroxyl groups excluding tert-OH is 1. The monoisotopic (exact) mass is 485 g/mol. The van der Waals surface area contributed by atoms with Gasteiger partial charge in [-0.2, -0.15) is 0 Å². The van der Waals surface area contributed by atoms with Gasteiger partial charge in [0, 0.05) is 11.3 Å². The first-order chi connectivity index (χ1) is 17.3. The molecule has 3 aromatic carbocycles. The van der Waals surface area contributed by atoms with Crippen LogP contribution in [-0.2, 0) is 9.59 Å². The summed E-state index contributed by atoms with van der Waals surface area (Å²) in [5.41, 5.74) is 2.60. The van der Waals surface area contributed by atoms with Crippen LogP contribution in [0.1, 0.15) is 49.9 Å². The first kappa shape index (κ1) is 25.0. The highest BCUT2D eigenvalue weighted by Gasteiger charge is 2.46. The third-order valence-electron chi connectivity index (χ3n) is 5.96. The third kappa shape index (κ3) is 4.98. The summed E-state index contributed by atoms with van der Waals surface area (Å²) >= 11 is 0. The van der Waals surface area contributed by atoms with Gasteiger partial charge in [-0.1, -0.05) is 37.3 Å². The second kappa shape index (κ2) is 10.7. The second-order valence-electron chi connectivity index (χ2n) is 9.07. The standard InChI is InChI=1S/C30H31NO5/c1-5-17-35-25-16-11-22(18-20(25)4)28(32)26-27(21-9-7-6-8-10-21)31(30(34)29(26)33)23-12-14-24(15-13-23)36-19(2)3/h6-16,18-19,27,32H,5,17H2,1-4H3/b28-26-. The lowest BCUT2D eigenvalue weighted by Crippen LogP contribution is -2.29. The zero-order valence-electron chi connectivity index (χ0n) is 21.0. The molecular weight excluding hydrogens is 454 g/mol. The fourth-order valence-electron chi connectivity index (χ4n) is 4.33. The molecule has 3 aromatic rings. The van der Waals surface area contributed by atoms with Gasteiger partial charge in [-0.3, -0.25) is 14.5 Å². The lowest BCUT2D eigenvalue weighted by molar-refractivity contribution is -0.132. The molecule has 0 spiro atoms. The number of benzene rings is 3. The first-order valence-electron chi connectivity index (χ1n) is 12.2. The molecule has 4 rings (SSSR count). The van der Waals surface area contributed by atoms with Crippen molar-refractivity contribution < 1.29 is 24.2 Å². The molecule has 186 valence electrons. The molecule has 0 bridgehead atoms. The van der Waals surface area contributed by atoms with Crippen LogP contribution in [0.4, 0.5) is 5.69 Å². The summed E-state index contributed by atoms with van der Waals surface area (Å²) in [5, 5.41) is 11.4. The largest absolute Gasteiger partial charge is 0.507 e. The van der Waals surface area contributed by atoms with E-state index in [4.69, 9.17) is 9.47 Å². The van der Waals surface area contributed by atoms with Crippen molar-refractivity contribution in [3.05, 3.63) is 95.1 Å². The molecule has 1 atom stereocenters. The Labute approximate surface area is 211 Å². The average Bonchev–Trinajstić information content (AvgIpc) is 3.14. The average molecular weight is 486 g/mol. The maximum absolute atomic E-state index is 13.3. The van der Waals surface area contributed by atoms with E-state index in [1.54, 1.807) is 42.5 Å². The lowest BCUT2D eigenvalue weighted by Gasteiger charge is -2.25. The van der Waals surface area contributed by atoms with Crippen molar-refractivity contribution in [2.75, 3.05) is 11.5 Å². The normalized spacial score (nSPS) is 17.0. The number of aryl methyl sites for hydroxylation is 1. The number of anilines is 1. The summed E-state index contributed by atoms with van der Waals surface area (Å²) in [4.78, 5) is 28.1. The van der Waals surface area contributed by atoms with E-state index in [2.05, 4.69) is 0 Å². The number of Topliss-reactive ketones (excluding diaryl/α,β-unsaturated/α-hetero) is 1. The molecule has 0 radical (unpaired) electrons. The van der Waals surface area contributed by atoms with Crippen molar-refractivity contribution in [1.82, 2.24) is 0 Å². The van der Waals surface area contributed by atoms with Crippen LogP contribution in [0, 0.1) is 6.92 Å². The fourth-order valence-corrected chi connectivity index (χ4v) is 4.33. The highest BCUT2D eigenvalue weighted by molar-refractivity contribution is 6.51. The Kier molecular flexibility index (Phi) is 7.44. The molecule has 1 aliphatic rings. The quantitative estimate of drug-likeness (QED) is 0.234. The summed E-state index contributed by atoms with van der Waals surface area (Å²) in [7, 11) is 0. The van der Waals surface area contributed by atoms with Crippen LogP contribution in [-0.4, -0.2) is 29.5 Å². The number of ketones is 1. The molecule has 1 fully saturated rings. The van der Waals surface area contributed by atoms with E-state index >= 15 is 0 Å². The minimum atomic E-state index is -0.778. The summed E-state index contributed by atoms with van der Waals surface area (Å²) < 4.78 is 11.5. The number of rotatable bonds is 8. The Morgan fingerprint density at radius 2 is 1.69 bits per heavy atom. The predicted molar refractivity (Wildman–Crippen MR) is 140 cm³/mol. The molecule has 36 heavy (non-hydrogen) atoms. The molecule has 6 nitrogen and oxygen atoms in total. The van der Waals surface area contributed by atoms with Crippen LogP contribution in [0.5, 0.6) is 11.5 Å². The summed E-state index contributed by atoms with van der Waals surface area (Å²) in [6.45, 7) is 8.38. The smallest absolute Gasteiger partial charge is 0.300 e. The van der Waals surface area contributed by atoms with Gasteiger partial charge in [-0.05, 0) is 80.8 Å². The van der Waals surface area contributed by atoms with Gasteiger partial charge in [0.25, 0.3) is 11.7 Å². The lowest BCUT2D eigenvalue weighted by atomic mass is 9.94. The Hall–Kier alpha value is -4.06. The summed E-state index contributed by atoms with van der Waals surface area (Å²) in [6.07, 6.45) is 0.892. The zero-order valence-corrected chi connectivity index (χ0v) is 21.0. The van der Waals surface area contributed by atoms with Crippen molar-refractivity contribution >= 4 is 23.1 Å². The van der Waals surface area contributed by atoms with Gasteiger partial charge in [0.1, 0.15) is 17.3 Å². The summed E-state index contributed by atoms with van der Waals surface area (Å²) in [6, 6.07) is 20.8. The number of nitrogens with zero attached hydrogens (tertiary/aromatic N) is 1. The SMILES string of the molecule is CCCOc1ccc(/C(O)=C2/C(=O)C(=O)N(c3ccc(OC(C)C)cc3)C2c2ccccc2)cc1C. The van der Waals surface area contributed by atoms with E-state index in [-0.39, 0.29) is 17.4 Å². The zero-order chi connectivity index (χ0) is 25.8. The maximum atomic E-state index is 13.3. The van der Waals surface area contributed by atoms with E-state index in [1.165, 1.54) is 4.90 Å². The number of hydrogen-bond acceptors (Lipinski definition) is 5. The van der Waals surface area contributed by atoms with Crippen LogP contribution in [0.15, 0.2) is 78.4 Å². The van der Waals surface area contributed by atoms with Gasteiger partial charge in [-0.25, -0.2) is 0 Å². The molecule has 1 N–H and O–H groups in total. The van der Waals surface area contributed by atoms with E-state index in [1.807, 2.05) is 58.0 Å². The van der Waals surface area contributed by atoms with Gasteiger partial charge >= 0.3 is 0 Å². The van der Waals surface area contributed by atoms with Crippen LogP contribution in [0.25, 0.3) is 5.76 Å². The first-order valence-corrected chi connectivity index (χ1v) is 12.2. The van der Waals surface area contributed by atoms with Crippen molar-refractivity contribution in [3.63, 3.8) is 0 Å². The van der Waals surface area contributed by atoms with Gasteiger partial charge < -0.3 is 14.6 Å². The topological polar surface area (TPSA) is 76.1 Å². The molecule has 1 amide bonds. The number of ether oxygens (including phenoxy) is 2. The van der Waals surface area contributed by atoms with Gasteiger partial charge in [-0.15, -0.1) is 0 Å². The minimum Gasteiger partial charge on any atom is -0.507 e. The maximum Gasteiger partial charge on any atom is 0.300 e. The molecule has 1 saturated heterocycles. The van der Waals surface area contributed by atoms with E-state index < -0.39 is 17.7 Å². The van der Waals surface area contributed by atoms with Crippen LogP contribution >= 0.6 is 0 Å².